The van der Waals surface area contributed by atoms with Crippen LogP contribution < -0.4 is 4.74 Å². The zero-order valence-electron chi connectivity index (χ0n) is 15.1. The van der Waals surface area contributed by atoms with Crippen molar-refractivity contribution in [2.75, 3.05) is 7.11 Å². The van der Waals surface area contributed by atoms with Crippen molar-refractivity contribution in [2.24, 2.45) is 0 Å². The number of allylic oxidation sites excluding steroid dienone is 1. The molecule has 2 aromatic carbocycles. The Morgan fingerprint density at radius 2 is 2.00 bits per heavy atom. The molecule has 3 aromatic rings. The van der Waals surface area contributed by atoms with Crippen molar-refractivity contribution in [3.63, 3.8) is 0 Å². The number of methoxy groups -OCH3 is 1. The second-order valence-corrected chi connectivity index (χ2v) is 6.12. The number of aromatic amines is 1. The van der Waals surface area contributed by atoms with Crippen molar-refractivity contribution in [1.82, 2.24) is 10.2 Å². The molecule has 0 bridgehead atoms. The van der Waals surface area contributed by atoms with Crippen LogP contribution in [0.3, 0.4) is 0 Å². The normalized spacial score (nSPS) is 11.5. The van der Waals surface area contributed by atoms with Crippen LogP contribution in [0.15, 0.2) is 49.0 Å². The molecule has 0 spiro atoms. The van der Waals surface area contributed by atoms with Crippen molar-refractivity contribution < 1.29 is 9.13 Å². The van der Waals surface area contributed by atoms with E-state index in [1.54, 1.807) is 18.2 Å². The van der Waals surface area contributed by atoms with E-state index in [2.05, 4.69) is 22.8 Å². The summed E-state index contributed by atoms with van der Waals surface area (Å²) in [6.07, 6.45) is 3.63. The Kier molecular flexibility index (Phi) is 5.03. The van der Waals surface area contributed by atoms with Crippen molar-refractivity contribution in [2.45, 2.75) is 13.8 Å². The van der Waals surface area contributed by atoms with E-state index in [0.717, 1.165) is 33.7 Å². The maximum absolute atomic E-state index is 14.4. The number of rotatable bonds is 5. The summed E-state index contributed by atoms with van der Waals surface area (Å²) in [6.45, 7) is 7.75. The molecule has 0 radical (unpaired) electrons. The summed E-state index contributed by atoms with van der Waals surface area (Å²) in [4.78, 5) is 0. The Morgan fingerprint density at radius 3 is 2.69 bits per heavy atom. The first-order chi connectivity index (χ1) is 12.5. The van der Waals surface area contributed by atoms with Crippen LogP contribution in [0.25, 0.3) is 29.0 Å². The predicted octanol–water partition coefficient (Wildman–Crippen LogP) is 5.74. The quantitative estimate of drug-likeness (QED) is 0.639. The van der Waals surface area contributed by atoms with Gasteiger partial charge in [-0.05, 0) is 49.8 Å². The number of nitrogens with zero attached hydrogens (tertiary/aromatic N) is 1. The minimum Gasteiger partial charge on any atom is -0.496 e. The van der Waals surface area contributed by atoms with E-state index in [1.165, 1.54) is 13.2 Å². The van der Waals surface area contributed by atoms with Gasteiger partial charge in [-0.2, -0.15) is 5.10 Å². The van der Waals surface area contributed by atoms with Gasteiger partial charge in [0.15, 0.2) is 0 Å². The highest BCUT2D eigenvalue weighted by Gasteiger charge is 2.15. The number of hydrogen-bond acceptors (Lipinski definition) is 2. The van der Waals surface area contributed by atoms with E-state index in [0.29, 0.717) is 11.3 Å². The van der Waals surface area contributed by atoms with Gasteiger partial charge in [-0.15, -0.1) is 0 Å². The van der Waals surface area contributed by atoms with Gasteiger partial charge < -0.3 is 4.74 Å². The van der Waals surface area contributed by atoms with Crippen molar-refractivity contribution in [3.05, 3.63) is 77.2 Å². The molecule has 1 aromatic heterocycles. The Morgan fingerprint density at radius 1 is 1.23 bits per heavy atom. The van der Waals surface area contributed by atoms with Gasteiger partial charge in [0.05, 0.1) is 24.1 Å². The monoisotopic (exact) mass is 348 g/mol. The molecule has 1 heterocycles. The Labute approximate surface area is 152 Å². The third-order valence-electron chi connectivity index (χ3n) is 4.28. The fourth-order valence-electron chi connectivity index (χ4n) is 3.02. The summed E-state index contributed by atoms with van der Waals surface area (Å²) < 4.78 is 19.7. The molecule has 3 rings (SSSR count). The van der Waals surface area contributed by atoms with Crippen molar-refractivity contribution >= 4 is 17.7 Å². The lowest BCUT2D eigenvalue weighted by molar-refractivity contribution is 0.409. The molecule has 0 atom stereocenters. The van der Waals surface area contributed by atoms with Crippen LogP contribution >= 0.6 is 0 Å². The molecule has 4 heteroatoms. The lowest BCUT2D eigenvalue weighted by Crippen LogP contribution is -1.94. The molecule has 0 saturated carbocycles. The van der Waals surface area contributed by atoms with E-state index in [9.17, 15) is 4.39 Å². The van der Waals surface area contributed by atoms with Crippen LogP contribution in [0.5, 0.6) is 5.75 Å². The maximum atomic E-state index is 14.4. The Balaban J connectivity index is 2.17. The van der Waals surface area contributed by atoms with Gasteiger partial charge in [0.25, 0.3) is 0 Å². The highest BCUT2D eigenvalue weighted by molar-refractivity contribution is 5.89. The van der Waals surface area contributed by atoms with Crippen LogP contribution in [-0.4, -0.2) is 17.3 Å². The van der Waals surface area contributed by atoms with E-state index >= 15 is 0 Å². The van der Waals surface area contributed by atoms with Crippen molar-refractivity contribution in [3.8, 4) is 17.0 Å². The number of ether oxygens (including phenoxy) is 1. The molecular weight excluding hydrogens is 327 g/mol. The molecule has 0 aliphatic carbocycles. The number of aromatic nitrogens is 2. The molecule has 0 unspecified atom stereocenters. The van der Waals surface area contributed by atoms with Crippen LogP contribution in [0, 0.1) is 12.7 Å². The molecule has 0 aliphatic heterocycles. The van der Waals surface area contributed by atoms with E-state index in [-0.39, 0.29) is 5.82 Å². The predicted molar refractivity (Wildman–Crippen MR) is 105 cm³/mol. The third kappa shape index (κ3) is 3.31. The largest absolute Gasteiger partial charge is 0.496 e. The maximum Gasteiger partial charge on any atom is 0.134 e. The van der Waals surface area contributed by atoms with Gasteiger partial charge in [-0.3, -0.25) is 5.10 Å². The van der Waals surface area contributed by atoms with E-state index in [1.807, 2.05) is 38.1 Å². The molecule has 0 amide bonds. The highest BCUT2D eigenvalue weighted by Crippen LogP contribution is 2.33. The first kappa shape index (κ1) is 17.7. The molecule has 132 valence electrons. The van der Waals surface area contributed by atoms with Gasteiger partial charge in [-0.25, -0.2) is 4.39 Å². The fourth-order valence-corrected chi connectivity index (χ4v) is 3.02. The minimum absolute atomic E-state index is 0.321. The van der Waals surface area contributed by atoms with Crippen LogP contribution in [0.1, 0.15) is 29.3 Å². The summed E-state index contributed by atoms with van der Waals surface area (Å²) >= 11 is 0. The number of H-pyrrole nitrogens is 1. The van der Waals surface area contributed by atoms with Crippen LogP contribution in [-0.2, 0) is 0 Å². The smallest absolute Gasteiger partial charge is 0.134 e. The third-order valence-corrected chi connectivity index (χ3v) is 4.28. The molecule has 26 heavy (non-hydrogen) atoms. The second-order valence-electron chi connectivity index (χ2n) is 6.12. The zero-order chi connectivity index (χ0) is 18.7. The number of halogens is 1. The molecule has 0 fully saturated rings. The second kappa shape index (κ2) is 7.40. The van der Waals surface area contributed by atoms with Crippen LogP contribution in [0.2, 0.25) is 0 Å². The van der Waals surface area contributed by atoms with Gasteiger partial charge >= 0.3 is 0 Å². The SMILES string of the molecule is C=Cc1[nH]nc(-c2cccc(C)c2)c1/C=C(\C)c1c(F)cccc1OC. The fraction of sp³-hybridized carbons (Fsp3) is 0.136. The molecule has 0 saturated heterocycles. The van der Waals surface area contributed by atoms with Crippen LogP contribution in [0.4, 0.5) is 4.39 Å². The molecule has 0 aliphatic rings. The molecule has 1 N–H and O–H groups in total. The van der Waals surface area contributed by atoms with Gasteiger partial charge in [0.1, 0.15) is 11.6 Å². The summed E-state index contributed by atoms with van der Waals surface area (Å²) in [7, 11) is 1.54. The zero-order valence-corrected chi connectivity index (χ0v) is 15.1. The highest BCUT2D eigenvalue weighted by atomic mass is 19.1. The van der Waals surface area contributed by atoms with E-state index < -0.39 is 0 Å². The number of hydrogen-bond donors (Lipinski definition) is 1. The topological polar surface area (TPSA) is 37.9 Å². The van der Waals surface area contributed by atoms with Crippen molar-refractivity contribution in [1.29, 1.82) is 0 Å². The summed E-state index contributed by atoms with van der Waals surface area (Å²) in [5, 5.41) is 7.45. The van der Waals surface area contributed by atoms with Gasteiger partial charge in [-0.1, -0.05) is 36.4 Å². The van der Waals surface area contributed by atoms with Gasteiger partial charge in [0, 0.05) is 11.1 Å². The number of nitrogens with one attached hydrogen (secondary N) is 1. The lowest BCUT2D eigenvalue weighted by Gasteiger charge is -2.10. The first-order valence-corrected chi connectivity index (χ1v) is 8.34. The Hall–Kier alpha value is -3.14. The lowest BCUT2D eigenvalue weighted by atomic mass is 9.98. The summed E-state index contributed by atoms with van der Waals surface area (Å²) in [5.41, 5.74) is 5.80. The van der Waals surface area contributed by atoms with Gasteiger partial charge in [0.2, 0.25) is 0 Å². The number of aryl methyl sites for hydroxylation is 1. The van der Waals surface area contributed by atoms with E-state index in [4.69, 9.17) is 4.74 Å². The Bertz CT molecular complexity index is 986. The summed E-state index contributed by atoms with van der Waals surface area (Å²) in [6, 6.07) is 12.9. The number of benzene rings is 2. The molecule has 3 nitrogen and oxygen atoms in total. The average Bonchev–Trinajstić information content (AvgIpc) is 3.03. The first-order valence-electron chi connectivity index (χ1n) is 8.34. The summed E-state index contributed by atoms with van der Waals surface area (Å²) in [5.74, 6) is 0.179. The minimum atomic E-state index is -0.321. The standard InChI is InChI=1S/C22H21FN2O/c1-5-19-17(22(25-24-19)16-9-6-8-14(2)12-16)13-15(3)21-18(23)10-7-11-20(21)26-4/h5-13H,1H2,2-4H3,(H,24,25)/b15-13+. The average molecular weight is 348 g/mol. The molecular formula is C22H21FN2O.